The number of benzene rings is 2. The minimum Gasteiger partial charge on any atom is -0.495 e. The lowest BCUT2D eigenvalue weighted by Crippen LogP contribution is -2.49. The van der Waals surface area contributed by atoms with E-state index in [0.717, 1.165) is 11.8 Å². The van der Waals surface area contributed by atoms with Crippen molar-refractivity contribution in [3.8, 4) is 5.75 Å². The molecule has 31 heavy (non-hydrogen) atoms. The molecule has 0 aromatic heterocycles. The molecule has 2 atom stereocenters. The van der Waals surface area contributed by atoms with E-state index in [9.17, 15) is 14.0 Å². The van der Waals surface area contributed by atoms with E-state index in [1.165, 1.54) is 30.2 Å². The molecule has 1 saturated heterocycles. The van der Waals surface area contributed by atoms with E-state index in [4.69, 9.17) is 16.3 Å². The smallest absolute Gasteiger partial charge is 0.241 e. The second-order valence-electron chi connectivity index (χ2n) is 6.83. The van der Waals surface area contributed by atoms with Crippen molar-refractivity contribution in [1.82, 2.24) is 10.9 Å². The van der Waals surface area contributed by atoms with Crippen molar-refractivity contribution >= 4 is 51.7 Å². The van der Waals surface area contributed by atoms with Gasteiger partial charge < -0.3 is 10.1 Å². The summed E-state index contributed by atoms with van der Waals surface area (Å²) >= 11 is 7.36. The van der Waals surface area contributed by atoms with Crippen molar-refractivity contribution in [2.24, 2.45) is 10.9 Å². The van der Waals surface area contributed by atoms with Crippen LogP contribution < -0.4 is 25.8 Å². The normalized spacial score (nSPS) is 20.3. The Labute approximate surface area is 187 Å². The van der Waals surface area contributed by atoms with Crippen molar-refractivity contribution in [1.29, 1.82) is 0 Å². The maximum atomic E-state index is 13.3. The van der Waals surface area contributed by atoms with Gasteiger partial charge in [-0.3, -0.25) is 19.9 Å². The first kappa shape index (κ1) is 21.6. The molecule has 162 valence electrons. The average molecular weight is 464 g/mol. The maximum absolute atomic E-state index is 13.3. The van der Waals surface area contributed by atoms with Gasteiger partial charge in [0.1, 0.15) is 17.7 Å². The lowest BCUT2D eigenvalue weighted by atomic mass is 10.0. The highest BCUT2D eigenvalue weighted by molar-refractivity contribution is 8.14. The molecule has 2 heterocycles. The number of nitrogens with zero attached hydrogens (tertiary/aromatic N) is 2. The molecule has 0 radical (unpaired) electrons. The predicted octanol–water partition coefficient (Wildman–Crippen LogP) is 2.61. The fraction of sp³-hybridized carbons (Fsp3) is 0.250. The van der Waals surface area contributed by atoms with Crippen LogP contribution in [0.15, 0.2) is 47.5 Å². The molecule has 2 aromatic carbocycles. The topological polar surface area (TPSA) is 95.1 Å². The Balaban J connectivity index is 1.54. The van der Waals surface area contributed by atoms with E-state index in [1.807, 2.05) is 0 Å². The van der Waals surface area contributed by atoms with Crippen LogP contribution in [0.1, 0.15) is 0 Å². The van der Waals surface area contributed by atoms with Crippen molar-refractivity contribution in [3.05, 3.63) is 53.3 Å². The van der Waals surface area contributed by atoms with Gasteiger partial charge in [-0.15, -0.1) is 0 Å². The molecule has 11 heteroatoms. The first-order valence-corrected chi connectivity index (χ1v) is 10.7. The molecule has 2 aliphatic rings. The number of anilines is 2. The predicted molar refractivity (Wildman–Crippen MR) is 119 cm³/mol. The number of hydrogen-bond acceptors (Lipinski definition) is 7. The average Bonchev–Trinajstić information content (AvgIpc) is 3.21. The molecule has 3 N–H and O–H groups in total. The number of carbonyl (C=O) groups is 2. The number of halogens is 2. The zero-order valence-corrected chi connectivity index (χ0v) is 18.0. The number of thioether (sulfide) groups is 1. The number of aliphatic imine (C=N–C) groups is 1. The van der Waals surface area contributed by atoms with E-state index in [0.29, 0.717) is 33.9 Å². The van der Waals surface area contributed by atoms with Gasteiger partial charge in [-0.05, 0) is 36.4 Å². The van der Waals surface area contributed by atoms with Crippen LogP contribution in [0.4, 0.5) is 15.8 Å². The summed E-state index contributed by atoms with van der Waals surface area (Å²) in [6, 6.07) is 10.6. The summed E-state index contributed by atoms with van der Waals surface area (Å²) in [5.41, 5.74) is 6.79. The fourth-order valence-corrected chi connectivity index (χ4v) is 4.39. The van der Waals surface area contributed by atoms with Gasteiger partial charge in [0.2, 0.25) is 11.8 Å². The van der Waals surface area contributed by atoms with Crippen LogP contribution in [0.25, 0.3) is 0 Å². The third kappa shape index (κ3) is 4.67. The van der Waals surface area contributed by atoms with Gasteiger partial charge in [-0.1, -0.05) is 29.4 Å². The number of hydrogen-bond donors (Lipinski definition) is 3. The summed E-state index contributed by atoms with van der Waals surface area (Å²) in [4.78, 5) is 31.6. The number of nitrogens with one attached hydrogen (secondary N) is 3. The van der Waals surface area contributed by atoms with E-state index in [-0.39, 0.29) is 23.5 Å². The number of carbonyl (C=O) groups excluding carboxylic acids is 2. The SMILES string of the molecule is COc1ccc(N2C(=O)C3CNNC3N=C2SCC(=O)Nc2cccc(F)c2)cc1Cl. The zero-order chi connectivity index (χ0) is 22.0. The number of fused-ring (bicyclic) bond motifs is 1. The van der Waals surface area contributed by atoms with Gasteiger partial charge in [0.05, 0.1) is 29.5 Å². The van der Waals surface area contributed by atoms with Gasteiger partial charge in [0.25, 0.3) is 0 Å². The fourth-order valence-electron chi connectivity index (χ4n) is 3.29. The molecule has 4 rings (SSSR count). The maximum Gasteiger partial charge on any atom is 0.241 e. The summed E-state index contributed by atoms with van der Waals surface area (Å²) in [6.07, 6.45) is -0.425. The second-order valence-corrected chi connectivity index (χ2v) is 8.18. The van der Waals surface area contributed by atoms with Gasteiger partial charge in [-0.2, -0.15) is 0 Å². The van der Waals surface area contributed by atoms with Crippen molar-refractivity contribution in [2.45, 2.75) is 6.17 Å². The Bertz CT molecular complexity index is 1050. The quantitative estimate of drug-likeness (QED) is 0.631. The number of ether oxygens (including phenoxy) is 1. The second kappa shape index (κ2) is 9.23. The summed E-state index contributed by atoms with van der Waals surface area (Å²) in [7, 11) is 1.51. The number of rotatable bonds is 5. The van der Waals surface area contributed by atoms with E-state index >= 15 is 0 Å². The van der Waals surface area contributed by atoms with Crippen LogP contribution in [-0.4, -0.2) is 42.6 Å². The highest BCUT2D eigenvalue weighted by Crippen LogP contribution is 2.34. The number of hydrazine groups is 1. The zero-order valence-electron chi connectivity index (χ0n) is 16.4. The Kier molecular flexibility index (Phi) is 6.42. The summed E-state index contributed by atoms with van der Waals surface area (Å²) in [5.74, 6) is -0.872. The monoisotopic (exact) mass is 463 g/mol. The van der Waals surface area contributed by atoms with E-state index < -0.39 is 12.0 Å². The van der Waals surface area contributed by atoms with Crippen LogP contribution in [0.5, 0.6) is 5.75 Å². The number of amidine groups is 1. The number of amides is 2. The molecule has 2 unspecified atom stereocenters. The van der Waals surface area contributed by atoms with E-state index in [2.05, 4.69) is 21.2 Å². The summed E-state index contributed by atoms with van der Waals surface area (Å²) in [6.45, 7) is 0.436. The Hall–Kier alpha value is -2.66. The van der Waals surface area contributed by atoms with Crippen LogP contribution in [-0.2, 0) is 9.59 Å². The van der Waals surface area contributed by atoms with Gasteiger partial charge in [0.15, 0.2) is 5.17 Å². The third-order valence-corrected chi connectivity index (χ3v) is 6.01. The summed E-state index contributed by atoms with van der Waals surface area (Å²) < 4.78 is 18.5. The molecular weight excluding hydrogens is 445 g/mol. The molecule has 0 aliphatic carbocycles. The largest absolute Gasteiger partial charge is 0.495 e. The Morgan fingerprint density at radius 1 is 1.39 bits per heavy atom. The Morgan fingerprint density at radius 3 is 2.97 bits per heavy atom. The van der Waals surface area contributed by atoms with Crippen LogP contribution in [0.2, 0.25) is 5.02 Å². The van der Waals surface area contributed by atoms with Gasteiger partial charge in [-0.25, -0.2) is 14.8 Å². The lowest BCUT2D eigenvalue weighted by molar-refractivity contribution is -0.121. The van der Waals surface area contributed by atoms with Crippen molar-refractivity contribution in [3.63, 3.8) is 0 Å². The highest BCUT2D eigenvalue weighted by Gasteiger charge is 2.42. The van der Waals surface area contributed by atoms with Gasteiger partial charge in [0, 0.05) is 12.2 Å². The Morgan fingerprint density at radius 2 is 2.23 bits per heavy atom. The molecule has 2 aliphatic heterocycles. The molecule has 0 spiro atoms. The van der Waals surface area contributed by atoms with Crippen LogP contribution in [0, 0.1) is 11.7 Å². The lowest BCUT2D eigenvalue weighted by Gasteiger charge is -2.32. The number of methoxy groups -OCH3 is 1. The van der Waals surface area contributed by atoms with Gasteiger partial charge >= 0.3 is 0 Å². The summed E-state index contributed by atoms with van der Waals surface area (Å²) in [5, 5.41) is 3.35. The molecular formula is C20H19ClFN5O3S. The minimum atomic E-state index is -0.443. The van der Waals surface area contributed by atoms with Crippen LogP contribution in [0.3, 0.4) is 0 Å². The molecule has 0 bridgehead atoms. The van der Waals surface area contributed by atoms with E-state index in [1.54, 1.807) is 24.3 Å². The highest BCUT2D eigenvalue weighted by atomic mass is 35.5. The molecule has 2 aromatic rings. The molecule has 2 amide bonds. The van der Waals surface area contributed by atoms with Crippen LogP contribution >= 0.6 is 23.4 Å². The molecule has 1 fully saturated rings. The molecule has 8 nitrogen and oxygen atoms in total. The van der Waals surface area contributed by atoms with Crippen molar-refractivity contribution in [2.75, 3.05) is 29.6 Å². The first-order valence-electron chi connectivity index (χ1n) is 9.38. The van der Waals surface area contributed by atoms with Crippen molar-refractivity contribution < 1.29 is 18.7 Å². The minimum absolute atomic E-state index is 0.0200. The third-order valence-electron chi connectivity index (χ3n) is 4.77. The molecule has 0 saturated carbocycles. The standard InChI is InChI=1S/C20H19ClFN5O3S/c1-30-16-6-5-13(8-15(16)21)27-19(29)14-9-23-26-18(14)25-20(27)31-10-17(28)24-12-4-2-3-11(22)7-12/h2-8,14,18,23,26H,9-10H2,1H3,(H,24,28). The first-order chi connectivity index (χ1) is 15.0.